The van der Waals surface area contributed by atoms with Gasteiger partial charge in [0.25, 0.3) is 0 Å². The number of nitrogens with one attached hydrogen (secondary N) is 2. The van der Waals surface area contributed by atoms with E-state index in [1.54, 1.807) is 29.2 Å². The largest absolute Gasteiger partial charge is 0.494 e. The molecule has 3 heterocycles. The Morgan fingerprint density at radius 3 is 2.44 bits per heavy atom. The van der Waals surface area contributed by atoms with E-state index in [1.807, 2.05) is 39.0 Å². The zero-order chi connectivity index (χ0) is 29.3. The van der Waals surface area contributed by atoms with E-state index < -0.39 is 29.6 Å². The van der Waals surface area contributed by atoms with Gasteiger partial charge in [-0.15, -0.1) is 0 Å². The van der Waals surface area contributed by atoms with Crippen molar-refractivity contribution in [1.29, 1.82) is 0 Å². The molecule has 3 fully saturated rings. The van der Waals surface area contributed by atoms with Crippen molar-refractivity contribution in [3.8, 4) is 5.75 Å². The fourth-order valence-corrected chi connectivity index (χ4v) is 7.71. The second kappa shape index (κ2) is 12.1. The van der Waals surface area contributed by atoms with E-state index in [1.165, 1.54) is 0 Å². The summed E-state index contributed by atoms with van der Waals surface area (Å²) in [5, 5.41) is 15.3. The summed E-state index contributed by atoms with van der Waals surface area (Å²) >= 11 is 3.72. The smallest absolute Gasteiger partial charge is 0.250 e. The van der Waals surface area contributed by atoms with Crippen LogP contribution < -0.4 is 15.4 Å². The number of hydrogen-bond acceptors (Lipinski definition) is 6. The van der Waals surface area contributed by atoms with Gasteiger partial charge in [-0.3, -0.25) is 14.4 Å². The van der Waals surface area contributed by atoms with Crippen LogP contribution in [0.1, 0.15) is 43.7 Å². The van der Waals surface area contributed by atoms with Crippen LogP contribution in [0.5, 0.6) is 5.75 Å². The number of ether oxygens (including phenoxy) is 2. The first kappa shape index (κ1) is 29.5. The number of para-hydroxylation sites is 1. The lowest BCUT2D eigenvalue weighted by molar-refractivity contribution is -0.139. The van der Waals surface area contributed by atoms with Crippen LogP contribution in [0, 0.1) is 25.7 Å². The third-order valence-electron chi connectivity index (χ3n) is 8.56. The minimum absolute atomic E-state index is 0.0703. The standard InChI is InChI=1S/C31H38BrN3O6/c1-4-40-21-13-11-20(12-14-21)33-28(37)23-24-30(39)35(15-6-5-7-16-36)27(31(24)17-22(32)26(23)41-31)29(38)34-25-18(2)9-8-10-19(25)3/h8-14,22-24,26-27,36H,4-7,15-17H2,1-3H3,(H,33,37)(H,34,38)/t22?,23-,24+,26-,27?,31?/m1/s1. The summed E-state index contributed by atoms with van der Waals surface area (Å²) in [7, 11) is 0. The minimum atomic E-state index is -1.13. The number of amides is 3. The molecular weight excluding hydrogens is 590 g/mol. The molecule has 0 aliphatic carbocycles. The molecule has 3 saturated heterocycles. The first-order chi connectivity index (χ1) is 19.7. The van der Waals surface area contributed by atoms with Crippen LogP contribution in [-0.4, -0.2) is 70.1 Å². The summed E-state index contributed by atoms with van der Waals surface area (Å²) < 4.78 is 12.1. The van der Waals surface area contributed by atoms with Crippen molar-refractivity contribution in [2.75, 3.05) is 30.4 Å². The van der Waals surface area contributed by atoms with Gasteiger partial charge in [0, 0.05) is 29.4 Å². The van der Waals surface area contributed by atoms with Gasteiger partial charge in [0.1, 0.15) is 17.4 Å². The Labute approximate surface area is 249 Å². The third kappa shape index (κ3) is 5.37. The van der Waals surface area contributed by atoms with Crippen LogP contribution in [0.25, 0.3) is 0 Å². The van der Waals surface area contributed by atoms with Gasteiger partial charge < -0.3 is 30.1 Å². The number of fused-ring (bicyclic) bond motifs is 1. The molecule has 0 aromatic heterocycles. The zero-order valence-corrected chi connectivity index (χ0v) is 25.3. The maximum Gasteiger partial charge on any atom is 0.250 e. The van der Waals surface area contributed by atoms with Gasteiger partial charge in [-0.05, 0) is 81.8 Å². The van der Waals surface area contributed by atoms with Crippen molar-refractivity contribution in [3.05, 3.63) is 53.6 Å². The molecule has 3 N–H and O–H groups in total. The van der Waals surface area contributed by atoms with E-state index in [4.69, 9.17) is 9.47 Å². The van der Waals surface area contributed by atoms with Crippen molar-refractivity contribution in [3.63, 3.8) is 0 Å². The lowest BCUT2D eigenvalue weighted by Crippen LogP contribution is -2.54. The van der Waals surface area contributed by atoms with Gasteiger partial charge in [-0.1, -0.05) is 34.1 Å². The summed E-state index contributed by atoms with van der Waals surface area (Å²) in [5.74, 6) is -1.69. The Hall–Kier alpha value is -2.95. The van der Waals surface area contributed by atoms with Crippen molar-refractivity contribution in [2.24, 2.45) is 11.8 Å². The normalized spacial score (nSPS) is 28.1. The van der Waals surface area contributed by atoms with Crippen molar-refractivity contribution < 1.29 is 29.0 Å². The second-order valence-electron chi connectivity index (χ2n) is 11.2. The van der Waals surface area contributed by atoms with E-state index in [9.17, 15) is 19.5 Å². The van der Waals surface area contributed by atoms with Gasteiger partial charge in [0.15, 0.2) is 0 Å². The van der Waals surface area contributed by atoms with Crippen LogP contribution >= 0.6 is 15.9 Å². The molecule has 0 saturated carbocycles. The number of aryl methyl sites for hydroxylation is 2. The quantitative estimate of drug-likeness (QED) is 0.254. The molecule has 6 atom stereocenters. The van der Waals surface area contributed by atoms with Gasteiger partial charge in [-0.25, -0.2) is 0 Å². The van der Waals surface area contributed by atoms with Crippen LogP contribution in [0.2, 0.25) is 0 Å². The predicted octanol–water partition coefficient (Wildman–Crippen LogP) is 4.19. The molecule has 9 nitrogen and oxygen atoms in total. The topological polar surface area (TPSA) is 117 Å². The maximum atomic E-state index is 14.1. The van der Waals surface area contributed by atoms with Gasteiger partial charge in [-0.2, -0.15) is 0 Å². The number of rotatable bonds is 11. The Kier molecular flexibility index (Phi) is 8.73. The number of carbonyl (C=O) groups is 3. The number of aliphatic hydroxyl groups is 1. The van der Waals surface area contributed by atoms with E-state index in [2.05, 4.69) is 26.6 Å². The molecule has 220 valence electrons. The molecule has 5 rings (SSSR count). The molecule has 2 aromatic carbocycles. The van der Waals surface area contributed by atoms with E-state index >= 15 is 0 Å². The Morgan fingerprint density at radius 1 is 1.07 bits per heavy atom. The van der Waals surface area contributed by atoms with Crippen LogP contribution in [0.15, 0.2) is 42.5 Å². The maximum absolute atomic E-state index is 14.1. The molecule has 3 aliphatic rings. The summed E-state index contributed by atoms with van der Waals surface area (Å²) in [4.78, 5) is 43.4. The lowest BCUT2D eigenvalue weighted by Gasteiger charge is -2.34. The average molecular weight is 629 g/mol. The summed E-state index contributed by atoms with van der Waals surface area (Å²) in [6.07, 6.45) is 1.87. The molecule has 2 aromatic rings. The summed E-state index contributed by atoms with van der Waals surface area (Å²) in [6, 6.07) is 12.0. The Balaban J connectivity index is 1.45. The number of anilines is 2. The van der Waals surface area contributed by atoms with Crippen molar-refractivity contribution >= 4 is 45.0 Å². The molecule has 0 radical (unpaired) electrons. The van der Waals surface area contributed by atoms with Gasteiger partial charge >= 0.3 is 0 Å². The predicted molar refractivity (Wildman–Crippen MR) is 159 cm³/mol. The van der Waals surface area contributed by atoms with Crippen molar-refractivity contribution in [2.45, 2.75) is 69.0 Å². The lowest BCUT2D eigenvalue weighted by atomic mass is 9.70. The molecule has 3 unspecified atom stereocenters. The number of carbonyl (C=O) groups excluding carboxylic acids is 3. The number of halogens is 1. The molecule has 3 aliphatic heterocycles. The number of nitrogens with zero attached hydrogens (tertiary/aromatic N) is 1. The Morgan fingerprint density at radius 2 is 1.78 bits per heavy atom. The minimum Gasteiger partial charge on any atom is -0.494 e. The fraction of sp³-hybridized carbons (Fsp3) is 0.516. The first-order valence-corrected chi connectivity index (χ1v) is 15.3. The van der Waals surface area contributed by atoms with Crippen LogP contribution in [-0.2, 0) is 19.1 Å². The monoisotopic (exact) mass is 627 g/mol. The number of alkyl halides is 1. The highest BCUT2D eigenvalue weighted by Gasteiger charge is 2.76. The molecule has 10 heteroatoms. The highest BCUT2D eigenvalue weighted by atomic mass is 79.9. The van der Waals surface area contributed by atoms with E-state index in [-0.39, 0.29) is 29.2 Å². The van der Waals surface area contributed by atoms with Crippen LogP contribution in [0.4, 0.5) is 11.4 Å². The highest BCUT2D eigenvalue weighted by molar-refractivity contribution is 9.09. The second-order valence-corrected chi connectivity index (χ2v) is 12.4. The molecular formula is C31H38BrN3O6. The van der Waals surface area contributed by atoms with Gasteiger partial charge in [0.05, 0.1) is 24.5 Å². The molecule has 3 amide bonds. The number of unbranched alkanes of at least 4 members (excludes halogenated alkanes) is 2. The summed E-state index contributed by atoms with van der Waals surface area (Å²) in [6.45, 7) is 6.73. The molecule has 2 bridgehead atoms. The number of aliphatic hydroxyl groups excluding tert-OH is 1. The van der Waals surface area contributed by atoms with E-state index in [0.717, 1.165) is 23.2 Å². The highest BCUT2D eigenvalue weighted by Crippen LogP contribution is 2.60. The van der Waals surface area contributed by atoms with Crippen molar-refractivity contribution in [1.82, 2.24) is 4.90 Å². The van der Waals surface area contributed by atoms with E-state index in [0.29, 0.717) is 43.9 Å². The third-order valence-corrected chi connectivity index (χ3v) is 9.40. The SMILES string of the molecule is CCOc1ccc(NC(=O)[C@H]2[C@@H]3OC4(CC3Br)C(C(=O)Nc3c(C)cccc3C)N(CCCCCO)C(=O)[C@H]24)cc1. The summed E-state index contributed by atoms with van der Waals surface area (Å²) in [5.41, 5.74) is 2.03. The Bertz CT molecular complexity index is 1280. The number of benzene rings is 2. The van der Waals surface area contributed by atoms with Crippen LogP contribution in [0.3, 0.4) is 0 Å². The molecule has 41 heavy (non-hydrogen) atoms. The van der Waals surface area contributed by atoms with Gasteiger partial charge in [0.2, 0.25) is 17.7 Å². The number of hydrogen-bond donors (Lipinski definition) is 3. The first-order valence-electron chi connectivity index (χ1n) is 14.4. The molecule has 1 spiro atoms. The average Bonchev–Trinajstić information content (AvgIpc) is 3.53. The zero-order valence-electron chi connectivity index (χ0n) is 23.7. The fourth-order valence-electron chi connectivity index (χ4n) is 6.77. The number of likely N-dealkylation sites (tertiary alicyclic amines) is 1.